The first kappa shape index (κ1) is 25.0. The number of nitrogens with one attached hydrogen (secondary N) is 1. The summed E-state index contributed by atoms with van der Waals surface area (Å²) < 4.78 is 30.0. The first-order valence-corrected chi connectivity index (χ1v) is 11.5. The highest BCUT2D eigenvalue weighted by atomic mass is 19.1. The third kappa shape index (κ3) is 5.73. The number of carbonyl (C=O) groups is 2. The van der Waals surface area contributed by atoms with Crippen molar-refractivity contribution in [2.45, 2.75) is 45.4 Å². The van der Waals surface area contributed by atoms with Gasteiger partial charge < -0.3 is 10.2 Å². The van der Waals surface area contributed by atoms with Gasteiger partial charge in [-0.05, 0) is 56.7 Å². The van der Waals surface area contributed by atoms with E-state index in [-0.39, 0.29) is 18.7 Å². The number of carbonyl (C=O) groups excluding carboxylic acids is 2. The summed E-state index contributed by atoms with van der Waals surface area (Å²) in [5.74, 6) is -2.06. The van der Waals surface area contributed by atoms with Crippen LogP contribution >= 0.6 is 0 Å². The van der Waals surface area contributed by atoms with Gasteiger partial charge in [0.05, 0.1) is 5.52 Å². The standard InChI is InChI=1S/C27H27F2N5O2/c1-27(2,3)30-26(36)25(20-8-4-5-9-21(20)29)33(16-18-12-14-19(28)15-13-18)24(35)17-34-23-11-7-6-10-22(23)31-32-34/h4-15,25H,16-17H2,1-3H3,(H,30,36). The van der Waals surface area contributed by atoms with Crippen LogP contribution in [0.1, 0.15) is 37.9 Å². The number of halogens is 2. The zero-order chi connectivity index (χ0) is 25.9. The van der Waals surface area contributed by atoms with Gasteiger partial charge in [-0.3, -0.25) is 9.59 Å². The van der Waals surface area contributed by atoms with Crippen molar-refractivity contribution in [3.63, 3.8) is 0 Å². The molecule has 1 atom stereocenters. The summed E-state index contributed by atoms with van der Waals surface area (Å²) >= 11 is 0. The molecule has 0 saturated heterocycles. The van der Waals surface area contributed by atoms with E-state index in [1.54, 1.807) is 39.0 Å². The van der Waals surface area contributed by atoms with E-state index in [0.717, 1.165) is 0 Å². The van der Waals surface area contributed by atoms with Gasteiger partial charge in [-0.25, -0.2) is 13.5 Å². The van der Waals surface area contributed by atoms with Gasteiger partial charge in [-0.15, -0.1) is 5.10 Å². The number of benzene rings is 3. The third-order valence-electron chi connectivity index (χ3n) is 5.55. The fourth-order valence-corrected chi connectivity index (χ4v) is 3.95. The van der Waals surface area contributed by atoms with Crippen LogP contribution < -0.4 is 5.32 Å². The molecule has 0 aliphatic carbocycles. The topological polar surface area (TPSA) is 80.1 Å². The summed E-state index contributed by atoms with van der Waals surface area (Å²) in [6.07, 6.45) is 0. The molecule has 1 heterocycles. The van der Waals surface area contributed by atoms with Crippen molar-refractivity contribution >= 4 is 22.8 Å². The van der Waals surface area contributed by atoms with Crippen molar-refractivity contribution in [3.8, 4) is 0 Å². The molecule has 4 aromatic rings. The Balaban J connectivity index is 1.78. The first-order valence-electron chi connectivity index (χ1n) is 11.5. The fourth-order valence-electron chi connectivity index (χ4n) is 3.95. The number of para-hydroxylation sites is 1. The van der Waals surface area contributed by atoms with E-state index in [1.807, 2.05) is 12.1 Å². The number of hydrogen-bond donors (Lipinski definition) is 1. The molecule has 1 aromatic heterocycles. The lowest BCUT2D eigenvalue weighted by Crippen LogP contribution is -2.49. The SMILES string of the molecule is CC(C)(C)NC(=O)C(c1ccccc1F)N(Cc1ccc(F)cc1)C(=O)Cn1nnc2ccccc21. The minimum atomic E-state index is -1.28. The van der Waals surface area contributed by atoms with Crippen molar-refractivity contribution in [2.24, 2.45) is 0 Å². The lowest BCUT2D eigenvalue weighted by Gasteiger charge is -2.34. The van der Waals surface area contributed by atoms with Gasteiger partial charge >= 0.3 is 0 Å². The maximum absolute atomic E-state index is 15.0. The highest BCUT2D eigenvalue weighted by Gasteiger charge is 2.35. The van der Waals surface area contributed by atoms with Gasteiger partial charge in [-0.1, -0.05) is 47.7 Å². The molecule has 9 heteroatoms. The Morgan fingerprint density at radius 3 is 2.33 bits per heavy atom. The van der Waals surface area contributed by atoms with Gasteiger partial charge in [-0.2, -0.15) is 0 Å². The summed E-state index contributed by atoms with van der Waals surface area (Å²) in [7, 11) is 0. The number of nitrogens with zero attached hydrogens (tertiary/aromatic N) is 4. The Kier molecular flexibility index (Phi) is 7.10. The van der Waals surface area contributed by atoms with Crippen LogP contribution in [0.4, 0.5) is 8.78 Å². The molecular weight excluding hydrogens is 464 g/mol. The molecule has 0 radical (unpaired) electrons. The van der Waals surface area contributed by atoms with Gasteiger partial charge in [0.2, 0.25) is 11.8 Å². The Labute approximate surface area is 207 Å². The molecule has 0 aliphatic rings. The van der Waals surface area contributed by atoms with Crippen LogP contribution in [-0.2, 0) is 22.7 Å². The predicted octanol–water partition coefficient (Wildman–Crippen LogP) is 4.39. The number of hydrogen-bond acceptors (Lipinski definition) is 4. The van der Waals surface area contributed by atoms with E-state index in [9.17, 15) is 14.0 Å². The molecule has 3 aromatic carbocycles. The van der Waals surface area contributed by atoms with Crippen LogP contribution in [0.15, 0.2) is 72.8 Å². The average Bonchev–Trinajstić information content (AvgIpc) is 3.22. The quantitative estimate of drug-likeness (QED) is 0.416. The minimum Gasteiger partial charge on any atom is -0.349 e. The smallest absolute Gasteiger partial charge is 0.247 e. The predicted molar refractivity (Wildman–Crippen MR) is 132 cm³/mol. The minimum absolute atomic E-state index is 0.0533. The maximum Gasteiger partial charge on any atom is 0.247 e. The molecule has 0 bridgehead atoms. The van der Waals surface area contributed by atoms with Crippen molar-refractivity contribution in [1.82, 2.24) is 25.2 Å². The first-order chi connectivity index (χ1) is 17.1. The number of fused-ring (bicyclic) bond motifs is 1. The highest BCUT2D eigenvalue weighted by molar-refractivity contribution is 5.89. The second-order valence-corrected chi connectivity index (χ2v) is 9.55. The van der Waals surface area contributed by atoms with Crippen LogP contribution in [0.3, 0.4) is 0 Å². The number of aromatic nitrogens is 3. The van der Waals surface area contributed by atoms with Crippen LogP contribution in [0.5, 0.6) is 0 Å². The van der Waals surface area contributed by atoms with Crippen molar-refractivity contribution in [2.75, 3.05) is 0 Å². The summed E-state index contributed by atoms with van der Waals surface area (Å²) in [6.45, 7) is 5.13. The second kappa shape index (κ2) is 10.2. The molecule has 186 valence electrons. The van der Waals surface area contributed by atoms with Crippen LogP contribution in [0, 0.1) is 11.6 Å². The molecule has 4 rings (SSSR count). The van der Waals surface area contributed by atoms with Gasteiger partial charge in [0, 0.05) is 17.6 Å². The monoisotopic (exact) mass is 491 g/mol. The van der Waals surface area contributed by atoms with E-state index in [4.69, 9.17) is 0 Å². The molecule has 7 nitrogen and oxygen atoms in total. The maximum atomic E-state index is 15.0. The highest BCUT2D eigenvalue weighted by Crippen LogP contribution is 2.27. The lowest BCUT2D eigenvalue weighted by atomic mass is 10.00. The van der Waals surface area contributed by atoms with Crippen molar-refractivity contribution in [3.05, 3.63) is 95.6 Å². The lowest BCUT2D eigenvalue weighted by molar-refractivity contribution is -0.143. The van der Waals surface area contributed by atoms with Crippen molar-refractivity contribution in [1.29, 1.82) is 0 Å². The second-order valence-electron chi connectivity index (χ2n) is 9.55. The molecule has 0 aliphatic heterocycles. The molecule has 0 spiro atoms. The average molecular weight is 492 g/mol. The Bertz CT molecular complexity index is 1380. The molecule has 0 saturated carbocycles. The summed E-state index contributed by atoms with van der Waals surface area (Å²) in [6, 6.07) is 17.4. The molecular formula is C27H27F2N5O2. The van der Waals surface area contributed by atoms with E-state index in [0.29, 0.717) is 16.6 Å². The van der Waals surface area contributed by atoms with Gasteiger partial charge in [0.1, 0.15) is 29.7 Å². The normalized spacial score (nSPS) is 12.4. The molecule has 36 heavy (non-hydrogen) atoms. The zero-order valence-electron chi connectivity index (χ0n) is 20.3. The Hall–Kier alpha value is -4.14. The van der Waals surface area contributed by atoms with Gasteiger partial charge in [0.25, 0.3) is 0 Å². The Morgan fingerprint density at radius 2 is 1.64 bits per heavy atom. The van der Waals surface area contributed by atoms with Gasteiger partial charge in [0.15, 0.2) is 0 Å². The number of amides is 2. The summed E-state index contributed by atoms with van der Waals surface area (Å²) in [4.78, 5) is 28.6. The molecule has 1 unspecified atom stereocenters. The van der Waals surface area contributed by atoms with Crippen LogP contribution in [0.25, 0.3) is 11.0 Å². The molecule has 0 fully saturated rings. The van der Waals surface area contributed by atoms with E-state index in [1.165, 1.54) is 52.0 Å². The number of rotatable bonds is 7. The zero-order valence-corrected chi connectivity index (χ0v) is 20.3. The van der Waals surface area contributed by atoms with E-state index in [2.05, 4.69) is 15.6 Å². The molecule has 1 N–H and O–H groups in total. The largest absolute Gasteiger partial charge is 0.349 e. The van der Waals surface area contributed by atoms with Crippen LogP contribution in [0.2, 0.25) is 0 Å². The molecule has 2 amide bonds. The summed E-state index contributed by atoms with van der Waals surface area (Å²) in [5, 5.41) is 11.0. The van der Waals surface area contributed by atoms with Crippen LogP contribution in [-0.4, -0.2) is 37.2 Å². The van der Waals surface area contributed by atoms with Crippen molar-refractivity contribution < 1.29 is 18.4 Å². The fraction of sp³-hybridized carbons (Fsp3) is 0.259. The summed E-state index contributed by atoms with van der Waals surface area (Å²) in [5.41, 5.74) is 1.27. The Morgan fingerprint density at radius 1 is 0.972 bits per heavy atom. The van der Waals surface area contributed by atoms with E-state index < -0.39 is 35.0 Å². The van der Waals surface area contributed by atoms with E-state index >= 15 is 4.39 Å². The third-order valence-corrected chi connectivity index (χ3v) is 5.55.